The van der Waals surface area contributed by atoms with E-state index in [1.807, 2.05) is 13.1 Å². The van der Waals surface area contributed by atoms with Gasteiger partial charge in [0.05, 0.1) is 5.92 Å². The van der Waals surface area contributed by atoms with Crippen LogP contribution < -0.4 is 5.32 Å². The van der Waals surface area contributed by atoms with Gasteiger partial charge < -0.3 is 10.4 Å². The monoisotopic (exact) mass is 239 g/mol. The van der Waals surface area contributed by atoms with Crippen molar-refractivity contribution in [3.63, 3.8) is 0 Å². The number of rotatable bonds is 6. The zero-order valence-electron chi connectivity index (χ0n) is 10.0. The van der Waals surface area contributed by atoms with E-state index in [2.05, 4.69) is 10.4 Å². The van der Waals surface area contributed by atoms with E-state index in [1.54, 1.807) is 17.8 Å². The Kier molecular flexibility index (Phi) is 4.68. The van der Waals surface area contributed by atoms with E-state index in [9.17, 15) is 9.59 Å². The highest BCUT2D eigenvalue weighted by atomic mass is 16.4. The van der Waals surface area contributed by atoms with Crippen molar-refractivity contribution in [1.29, 1.82) is 0 Å². The van der Waals surface area contributed by atoms with Crippen LogP contribution in [0.2, 0.25) is 0 Å². The van der Waals surface area contributed by atoms with Crippen molar-refractivity contribution in [3.8, 4) is 0 Å². The third-order valence-corrected chi connectivity index (χ3v) is 2.56. The molecule has 0 aliphatic heterocycles. The minimum atomic E-state index is -0.906. The minimum Gasteiger partial charge on any atom is -0.481 e. The molecule has 94 valence electrons. The molecule has 0 radical (unpaired) electrons. The van der Waals surface area contributed by atoms with E-state index in [4.69, 9.17) is 5.11 Å². The Hall–Kier alpha value is -1.85. The number of hydrogen-bond acceptors (Lipinski definition) is 3. The Morgan fingerprint density at radius 2 is 2.29 bits per heavy atom. The summed E-state index contributed by atoms with van der Waals surface area (Å²) in [7, 11) is 1.82. The first-order valence-corrected chi connectivity index (χ1v) is 5.47. The number of nitrogens with zero attached hydrogens (tertiary/aromatic N) is 2. The Labute approximate surface area is 99.6 Å². The molecular formula is C11H17N3O3. The average molecular weight is 239 g/mol. The fourth-order valence-corrected chi connectivity index (χ4v) is 1.33. The molecule has 0 fully saturated rings. The van der Waals surface area contributed by atoms with Crippen molar-refractivity contribution < 1.29 is 14.7 Å². The lowest BCUT2D eigenvalue weighted by Crippen LogP contribution is -2.31. The Morgan fingerprint density at radius 1 is 1.59 bits per heavy atom. The van der Waals surface area contributed by atoms with E-state index >= 15 is 0 Å². The van der Waals surface area contributed by atoms with Crippen LogP contribution in [0.15, 0.2) is 12.3 Å². The fraction of sp³-hybridized carbons (Fsp3) is 0.545. The van der Waals surface area contributed by atoms with Gasteiger partial charge in [0.15, 0.2) is 0 Å². The summed E-state index contributed by atoms with van der Waals surface area (Å²) >= 11 is 0. The highest BCUT2D eigenvalue weighted by Crippen LogP contribution is 2.01. The molecule has 0 saturated heterocycles. The number of amides is 1. The van der Waals surface area contributed by atoms with Gasteiger partial charge in [-0.3, -0.25) is 14.3 Å². The Morgan fingerprint density at radius 3 is 2.82 bits per heavy atom. The highest BCUT2D eigenvalue weighted by Gasteiger charge is 2.12. The second kappa shape index (κ2) is 6.03. The van der Waals surface area contributed by atoms with Gasteiger partial charge in [-0.05, 0) is 12.5 Å². The van der Waals surface area contributed by atoms with Crippen molar-refractivity contribution >= 4 is 11.9 Å². The van der Waals surface area contributed by atoms with Crippen LogP contribution in [-0.2, 0) is 23.1 Å². The third kappa shape index (κ3) is 4.26. The zero-order valence-corrected chi connectivity index (χ0v) is 10.0. The molecule has 0 aromatic carbocycles. The highest BCUT2D eigenvalue weighted by molar-refractivity contribution is 5.77. The van der Waals surface area contributed by atoms with Gasteiger partial charge in [0.2, 0.25) is 5.91 Å². The van der Waals surface area contributed by atoms with E-state index < -0.39 is 11.9 Å². The molecule has 0 bridgehead atoms. The van der Waals surface area contributed by atoms with Crippen molar-refractivity contribution in [3.05, 3.63) is 18.0 Å². The molecule has 0 spiro atoms. The molecule has 1 aromatic heterocycles. The zero-order chi connectivity index (χ0) is 12.8. The minimum absolute atomic E-state index is 0.140. The molecule has 17 heavy (non-hydrogen) atoms. The number of carbonyl (C=O) groups is 2. The third-order valence-electron chi connectivity index (χ3n) is 2.56. The first-order chi connectivity index (χ1) is 8.00. The number of aromatic nitrogens is 2. The van der Waals surface area contributed by atoms with E-state index in [1.165, 1.54) is 0 Å². The molecule has 1 aromatic rings. The summed E-state index contributed by atoms with van der Waals surface area (Å²) in [6.07, 6.45) is 2.62. The molecule has 0 saturated carbocycles. The predicted octanol–water partition coefficient (Wildman–Crippen LogP) is 0.190. The number of carbonyl (C=O) groups excluding carboxylic acids is 1. The molecule has 1 amide bonds. The van der Waals surface area contributed by atoms with Crippen LogP contribution in [0.3, 0.4) is 0 Å². The molecule has 6 nitrogen and oxygen atoms in total. The molecule has 0 aliphatic rings. The SMILES string of the molecule is CC(CNC(=O)CCc1ccnn1C)C(=O)O. The maximum absolute atomic E-state index is 11.4. The van der Waals surface area contributed by atoms with Crippen LogP contribution in [0.5, 0.6) is 0 Å². The Balaban J connectivity index is 2.27. The number of carboxylic acid groups (broad SMARTS) is 1. The van der Waals surface area contributed by atoms with Crippen molar-refractivity contribution in [2.45, 2.75) is 19.8 Å². The number of aliphatic carboxylic acids is 1. The van der Waals surface area contributed by atoms with Crippen LogP contribution in [-0.4, -0.2) is 33.3 Å². The van der Waals surface area contributed by atoms with Gasteiger partial charge in [-0.1, -0.05) is 6.92 Å². The Bertz CT molecular complexity index is 400. The second-order valence-corrected chi connectivity index (χ2v) is 3.99. The van der Waals surface area contributed by atoms with Crippen molar-refractivity contribution in [2.75, 3.05) is 6.54 Å². The van der Waals surface area contributed by atoms with Gasteiger partial charge in [0, 0.05) is 31.9 Å². The summed E-state index contributed by atoms with van der Waals surface area (Å²) < 4.78 is 1.72. The van der Waals surface area contributed by atoms with E-state index in [0.717, 1.165) is 5.69 Å². The quantitative estimate of drug-likeness (QED) is 0.742. The van der Waals surface area contributed by atoms with E-state index in [-0.39, 0.29) is 12.5 Å². The largest absolute Gasteiger partial charge is 0.481 e. The van der Waals surface area contributed by atoms with Gasteiger partial charge in [-0.15, -0.1) is 0 Å². The first kappa shape index (κ1) is 13.2. The van der Waals surface area contributed by atoms with Crippen LogP contribution in [0.4, 0.5) is 0 Å². The maximum Gasteiger partial charge on any atom is 0.308 e. The summed E-state index contributed by atoms with van der Waals surface area (Å²) in [5, 5.41) is 15.2. The molecule has 0 aliphatic carbocycles. The summed E-state index contributed by atoms with van der Waals surface area (Å²) in [4.78, 5) is 22.0. The lowest BCUT2D eigenvalue weighted by Gasteiger charge is -2.08. The van der Waals surface area contributed by atoms with Crippen LogP contribution in [0.1, 0.15) is 19.0 Å². The van der Waals surface area contributed by atoms with Crippen molar-refractivity contribution in [2.24, 2.45) is 13.0 Å². The van der Waals surface area contributed by atoms with Gasteiger partial charge in [0.25, 0.3) is 0 Å². The number of hydrogen-bond donors (Lipinski definition) is 2. The average Bonchev–Trinajstić information content (AvgIpc) is 2.68. The molecule has 1 atom stereocenters. The lowest BCUT2D eigenvalue weighted by atomic mass is 10.2. The van der Waals surface area contributed by atoms with Gasteiger partial charge in [0.1, 0.15) is 0 Å². The fourth-order valence-electron chi connectivity index (χ4n) is 1.33. The smallest absolute Gasteiger partial charge is 0.308 e. The molecule has 1 heterocycles. The number of carboxylic acids is 1. The van der Waals surface area contributed by atoms with Gasteiger partial charge in [-0.2, -0.15) is 5.10 Å². The molecular weight excluding hydrogens is 222 g/mol. The molecule has 1 unspecified atom stereocenters. The van der Waals surface area contributed by atoms with E-state index in [0.29, 0.717) is 12.8 Å². The molecule has 2 N–H and O–H groups in total. The van der Waals surface area contributed by atoms with Crippen LogP contribution in [0, 0.1) is 5.92 Å². The summed E-state index contributed by atoms with van der Waals surface area (Å²) in [5.41, 5.74) is 0.978. The maximum atomic E-state index is 11.4. The van der Waals surface area contributed by atoms with Crippen LogP contribution >= 0.6 is 0 Å². The summed E-state index contributed by atoms with van der Waals surface area (Å²) in [6, 6.07) is 1.85. The topological polar surface area (TPSA) is 84.2 Å². The van der Waals surface area contributed by atoms with Gasteiger partial charge >= 0.3 is 5.97 Å². The number of nitrogens with one attached hydrogen (secondary N) is 1. The lowest BCUT2D eigenvalue weighted by molar-refractivity contribution is -0.141. The molecule has 1 rings (SSSR count). The standard InChI is InChI=1S/C11H17N3O3/c1-8(11(16)17)7-12-10(15)4-3-9-5-6-13-14(9)2/h5-6,8H,3-4,7H2,1-2H3,(H,12,15)(H,16,17). The number of aryl methyl sites for hydroxylation is 2. The predicted molar refractivity (Wildman–Crippen MR) is 61.3 cm³/mol. The normalized spacial score (nSPS) is 12.1. The van der Waals surface area contributed by atoms with Crippen LogP contribution in [0.25, 0.3) is 0 Å². The second-order valence-electron chi connectivity index (χ2n) is 3.99. The van der Waals surface area contributed by atoms with Crippen molar-refractivity contribution in [1.82, 2.24) is 15.1 Å². The first-order valence-electron chi connectivity index (χ1n) is 5.47. The van der Waals surface area contributed by atoms with Gasteiger partial charge in [-0.25, -0.2) is 0 Å². The molecule has 6 heteroatoms. The summed E-state index contributed by atoms with van der Waals surface area (Å²) in [6.45, 7) is 1.73. The summed E-state index contributed by atoms with van der Waals surface area (Å²) in [5.74, 6) is -1.60.